The lowest BCUT2D eigenvalue weighted by Gasteiger charge is -2.45. The molecule has 2 heterocycles. The Bertz CT molecular complexity index is 812. The fourth-order valence-corrected chi connectivity index (χ4v) is 4.50. The molecular weight excluding hydrogens is 398 g/mol. The molecule has 1 aromatic rings. The third-order valence-corrected chi connectivity index (χ3v) is 6.22. The minimum absolute atomic E-state index is 0.114. The maximum atomic E-state index is 13.3. The molecule has 8 nitrogen and oxygen atoms in total. The first kappa shape index (κ1) is 23.1. The number of methoxy groups -OCH3 is 1. The van der Waals surface area contributed by atoms with Gasteiger partial charge in [-0.05, 0) is 30.4 Å². The van der Waals surface area contributed by atoms with Gasteiger partial charge in [-0.2, -0.15) is 0 Å². The second-order valence-electron chi connectivity index (χ2n) is 9.59. The van der Waals surface area contributed by atoms with Gasteiger partial charge in [0.05, 0.1) is 18.1 Å². The average Bonchev–Trinajstić information content (AvgIpc) is 2.94. The number of nitrogens with zero attached hydrogens (tertiary/aromatic N) is 2. The molecule has 3 rings (SSSR count). The van der Waals surface area contributed by atoms with Gasteiger partial charge in [-0.25, -0.2) is 4.79 Å². The summed E-state index contributed by atoms with van der Waals surface area (Å²) in [5.41, 5.74) is -0.156. The summed E-state index contributed by atoms with van der Waals surface area (Å²) in [6, 6.07) is 9.16. The van der Waals surface area contributed by atoms with Gasteiger partial charge in [0, 0.05) is 32.9 Å². The number of carbonyl (C=O) groups excluding carboxylic acids is 3. The van der Waals surface area contributed by atoms with Gasteiger partial charge in [-0.15, -0.1) is 0 Å². The van der Waals surface area contributed by atoms with Gasteiger partial charge >= 0.3 is 6.09 Å². The molecule has 170 valence electrons. The molecule has 2 atom stereocenters. The molecule has 1 spiro atoms. The SMILES string of the molecule is CO[C@H]1C(=O)N(C)C2(CCN(C(=O)OCC(C)(C)C)CC2)[C@@H]1C(=O)Nc1ccccc1. The van der Waals surface area contributed by atoms with Crippen LogP contribution >= 0.6 is 0 Å². The topological polar surface area (TPSA) is 88.2 Å². The summed E-state index contributed by atoms with van der Waals surface area (Å²) in [5, 5.41) is 2.93. The quantitative estimate of drug-likeness (QED) is 0.792. The summed E-state index contributed by atoms with van der Waals surface area (Å²) >= 11 is 0. The van der Waals surface area contributed by atoms with E-state index in [1.165, 1.54) is 7.11 Å². The molecule has 8 heteroatoms. The number of benzene rings is 1. The maximum absolute atomic E-state index is 13.3. The Morgan fingerprint density at radius 1 is 1.16 bits per heavy atom. The van der Waals surface area contributed by atoms with Crippen LogP contribution in [0.25, 0.3) is 0 Å². The molecule has 0 unspecified atom stereocenters. The van der Waals surface area contributed by atoms with Crippen LogP contribution in [0.1, 0.15) is 33.6 Å². The van der Waals surface area contributed by atoms with Gasteiger partial charge in [0.1, 0.15) is 6.10 Å². The van der Waals surface area contributed by atoms with Gasteiger partial charge in [0.15, 0.2) is 0 Å². The molecule has 2 aliphatic heterocycles. The Morgan fingerprint density at radius 2 is 1.77 bits per heavy atom. The van der Waals surface area contributed by atoms with Crippen LogP contribution in [0.3, 0.4) is 0 Å². The number of ether oxygens (including phenoxy) is 2. The predicted molar refractivity (Wildman–Crippen MR) is 116 cm³/mol. The van der Waals surface area contributed by atoms with E-state index in [-0.39, 0.29) is 23.3 Å². The fourth-order valence-electron chi connectivity index (χ4n) is 4.50. The molecule has 0 saturated carbocycles. The zero-order valence-corrected chi connectivity index (χ0v) is 19.0. The third-order valence-electron chi connectivity index (χ3n) is 6.22. The van der Waals surface area contributed by atoms with Crippen LogP contribution in [0.4, 0.5) is 10.5 Å². The van der Waals surface area contributed by atoms with Crippen molar-refractivity contribution >= 4 is 23.6 Å². The van der Waals surface area contributed by atoms with Crippen LogP contribution in [0.5, 0.6) is 0 Å². The first-order valence-corrected chi connectivity index (χ1v) is 10.7. The lowest BCUT2D eigenvalue weighted by Crippen LogP contribution is -2.58. The van der Waals surface area contributed by atoms with Crippen molar-refractivity contribution in [1.82, 2.24) is 9.80 Å². The Labute approximate surface area is 183 Å². The summed E-state index contributed by atoms with van der Waals surface area (Å²) in [4.78, 5) is 42.0. The zero-order chi connectivity index (χ0) is 22.8. The lowest BCUT2D eigenvalue weighted by atomic mass is 9.75. The highest BCUT2D eigenvalue weighted by Gasteiger charge is 2.61. The van der Waals surface area contributed by atoms with Gasteiger partial charge in [0.2, 0.25) is 5.91 Å². The minimum Gasteiger partial charge on any atom is -0.449 e. The van der Waals surface area contributed by atoms with E-state index in [4.69, 9.17) is 9.47 Å². The van der Waals surface area contributed by atoms with Gasteiger partial charge in [-0.1, -0.05) is 39.0 Å². The first-order chi connectivity index (χ1) is 14.6. The van der Waals surface area contributed by atoms with E-state index in [0.29, 0.717) is 38.2 Å². The number of likely N-dealkylation sites (tertiary alicyclic amines) is 2. The molecule has 2 fully saturated rings. The number of para-hydroxylation sites is 1. The van der Waals surface area contributed by atoms with Crippen LogP contribution in [0, 0.1) is 11.3 Å². The third kappa shape index (κ3) is 4.69. The second-order valence-corrected chi connectivity index (χ2v) is 9.59. The van der Waals surface area contributed by atoms with E-state index in [1.54, 1.807) is 29.0 Å². The highest BCUT2D eigenvalue weighted by atomic mass is 16.6. The highest BCUT2D eigenvalue weighted by Crippen LogP contribution is 2.44. The molecule has 2 aliphatic rings. The highest BCUT2D eigenvalue weighted by molar-refractivity contribution is 6.00. The Balaban J connectivity index is 1.76. The second kappa shape index (κ2) is 8.86. The molecule has 0 bridgehead atoms. The number of anilines is 1. The van der Waals surface area contributed by atoms with Crippen molar-refractivity contribution in [2.75, 3.05) is 39.2 Å². The summed E-state index contributed by atoms with van der Waals surface area (Å²) in [7, 11) is 3.18. The maximum Gasteiger partial charge on any atom is 0.409 e. The molecule has 0 radical (unpaired) electrons. The van der Waals surface area contributed by atoms with Crippen molar-refractivity contribution in [3.05, 3.63) is 30.3 Å². The van der Waals surface area contributed by atoms with Crippen LogP contribution in [-0.4, -0.2) is 73.2 Å². The van der Waals surface area contributed by atoms with E-state index in [2.05, 4.69) is 5.32 Å². The monoisotopic (exact) mass is 431 g/mol. The predicted octanol–water partition coefficient (Wildman–Crippen LogP) is 2.75. The number of piperidine rings is 1. The van der Waals surface area contributed by atoms with Gasteiger partial charge in [-0.3, -0.25) is 9.59 Å². The van der Waals surface area contributed by atoms with Crippen molar-refractivity contribution in [3.63, 3.8) is 0 Å². The molecule has 1 aromatic carbocycles. The number of hydrogen-bond donors (Lipinski definition) is 1. The van der Waals surface area contributed by atoms with Gasteiger partial charge < -0.3 is 24.6 Å². The number of carbonyl (C=O) groups is 3. The molecule has 0 aromatic heterocycles. The molecule has 0 aliphatic carbocycles. The average molecular weight is 432 g/mol. The number of likely N-dealkylation sites (N-methyl/N-ethyl adjacent to an activating group) is 1. The van der Waals surface area contributed by atoms with E-state index in [9.17, 15) is 14.4 Å². The first-order valence-electron chi connectivity index (χ1n) is 10.7. The van der Waals surface area contributed by atoms with Crippen LogP contribution < -0.4 is 5.32 Å². The van der Waals surface area contributed by atoms with Crippen molar-refractivity contribution < 1.29 is 23.9 Å². The molecule has 31 heavy (non-hydrogen) atoms. The standard InChI is InChI=1S/C23H33N3O5/c1-22(2,3)15-31-21(29)26-13-11-23(12-14-26)17(18(30-5)20(28)25(23)4)19(27)24-16-9-7-6-8-10-16/h6-10,17-18H,11-15H2,1-5H3,(H,24,27)/t17-,18+/m0/s1. The Hall–Kier alpha value is -2.61. The van der Waals surface area contributed by atoms with E-state index >= 15 is 0 Å². The van der Waals surface area contributed by atoms with Gasteiger partial charge in [0.25, 0.3) is 5.91 Å². The van der Waals surface area contributed by atoms with Crippen LogP contribution in [0.2, 0.25) is 0 Å². The molecule has 2 saturated heterocycles. The zero-order valence-electron chi connectivity index (χ0n) is 19.0. The van der Waals surface area contributed by atoms with E-state index < -0.39 is 17.6 Å². The fraction of sp³-hybridized carbons (Fsp3) is 0.609. The summed E-state index contributed by atoms with van der Waals surface area (Å²) in [6.45, 7) is 7.17. The smallest absolute Gasteiger partial charge is 0.409 e. The summed E-state index contributed by atoms with van der Waals surface area (Å²) in [6.07, 6.45) is -0.252. The van der Waals surface area contributed by atoms with E-state index in [1.807, 2.05) is 39.0 Å². The molecular formula is C23H33N3O5. The van der Waals surface area contributed by atoms with Crippen molar-refractivity contribution in [2.24, 2.45) is 11.3 Å². The van der Waals surface area contributed by atoms with E-state index in [0.717, 1.165) is 0 Å². The molecule has 1 N–H and O–H groups in total. The largest absolute Gasteiger partial charge is 0.449 e. The number of nitrogens with one attached hydrogen (secondary N) is 1. The lowest BCUT2D eigenvalue weighted by molar-refractivity contribution is -0.138. The van der Waals surface area contributed by atoms with Crippen molar-refractivity contribution in [2.45, 2.75) is 45.3 Å². The number of hydrogen-bond acceptors (Lipinski definition) is 5. The Morgan fingerprint density at radius 3 is 2.32 bits per heavy atom. The normalized spacial score (nSPS) is 23.2. The number of amides is 3. The number of rotatable bonds is 4. The summed E-state index contributed by atoms with van der Waals surface area (Å²) < 4.78 is 10.9. The van der Waals surface area contributed by atoms with Crippen molar-refractivity contribution in [1.29, 1.82) is 0 Å². The molecule has 3 amide bonds. The Kier molecular flexibility index (Phi) is 6.59. The van der Waals surface area contributed by atoms with Crippen LogP contribution in [-0.2, 0) is 19.1 Å². The minimum atomic E-state index is -0.854. The van der Waals surface area contributed by atoms with Crippen LogP contribution in [0.15, 0.2) is 30.3 Å². The summed E-state index contributed by atoms with van der Waals surface area (Å²) in [5.74, 6) is -1.14. The van der Waals surface area contributed by atoms with Crippen molar-refractivity contribution in [3.8, 4) is 0 Å².